The second-order valence-corrected chi connectivity index (χ2v) is 9.85. The monoisotopic (exact) mass is 464 g/mol. The van der Waals surface area contributed by atoms with Gasteiger partial charge >= 0.3 is 0 Å². The van der Waals surface area contributed by atoms with Gasteiger partial charge in [-0.25, -0.2) is 4.57 Å². The van der Waals surface area contributed by atoms with Crippen LogP contribution in [0.2, 0.25) is 0 Å². The van der Waals surface area contributed by atoms with Crippen molar-refractivity contribution >= 4 is 12.2 Å². The Morgan fingerprint density at radius 2 is 0.971 bits per heavy atom. The molecule has 2 nitrogen and oxygen atoms in total. The summed E-state index contributed by atoms with van der Waals surface area (Å²) in [6, 6.07) is 12.6. The Hall–Kier alpha value is -2.09. The summed E-state index contributed by atoms with van der Waals surface area (Å²) in [7, 11) is 2.03. The minimum atomic E-state index is 0.828. The first-order valence-electron chi connectivity index (χ1n) is 14.1. The first-order chi connectivity index (χ1) is 16.8. The fourth-order valence-corrected chi connectivity index (χ4v) is 4.33. The molecule has 0 atom stereocenters. The number of unbranched alkanes of at least 4 members (excludes halogenated alkanes) is 15. The molecule has 0 bridgehead atoms. The van der Waals surface area contributed by atoms with Crippen LogP contribution in [-0.2, 0) is 7.05 Å². The Morgan fingerprint density at radius 1 is 0.559 bits per heavy atom. The molecule has 0 radical (unpaired) electrons. The van der Waals surface area contributed by atoms with Crippen molar-refractivity contribution < 1.29 is 9.30 Å². The summed E-state index contributed by atoms with van der Waals surface area (Å²) in [4.78, 5) is 0. The van der Waals surface area contributed by atoms with Gasteiger partial charge in [0.2, 0.25) is 0 Å². The van der Waals surface area contributed by atoms with Crippen molar-refractivity contribution in [2.45, 2.75) is 110 Å². The predicted octanol–water partition coefficient (Wildman–Crippen LogP) is 9.32. The first-order valence-corrected chi connectivity index (χ1v) is 14.1. The van der Waals surface area contributed by atoms with Crippen LogP contribution in [0.4, 0.5) is 0 Å². The van der Waals surface area contributed by atoms with Crippen LogP contribution in [0.5, 0.6) is 5.75 Å². The van der Waals surface area contributed by atoms with Gasteiger partial charge in [0, 0.05) is 12.1 Å². The molecule has 0 aliphatic rings. The van der Waals surface area contributed by atoms with Crippen molar-refractivity contribution in [1.29, 1.82) is 0 Å². The van der Waals surface area contributed by atoms with Crippen molar-refractivity contribution in [1.82, 2.24) is 0 Å². The number of hydrogen-bond acceptors (Lipinski definition) is 1. The van der Waals surface area contributed by atoms with Crippen LogP contribution in [0.3, 0.4) is 0 Å². The SMILES string of the molecule is CCCCCCCCCCCCCCCCCCOc1ccc(C=Cc2cc[n+](C)cc2)cc1. The van der Waals surface area contributed by atoms with E-state index < -0.39 is 0 Å². The zero-order chi connectivity index (χ0) is 24.1. The molecule has 1 heterocycles. The van der Waals surface area contributed by atoms with Gasteiger partial charge in [-0.2, -0.15) is 0 Å². The van der Waals surface area contributed by atoms with Gasteiger partial charge in [-0.15, -0.1) is 0 Å². The molecule has 0 fully saturated rings. The molecule has 0 N–H and O–H groups in total. The van der Waals surface area contributed by atoms with Gasteiger partial charge in [0.15, 0.2) is 12.4 Å². The van der Waals surface area contributed by atoms with E-state index in [2.05, 4.69) is 67.9 Å². The quantitative estimate of drug-likeness (QED) is 0.140. The second kappa shape index (κ2) is 19.2. The van der Waals surface area contributed by atoms with Gasteiger partial charge in [0.05, 0.1) is 6.61 Å². The van der Waals surface area contributed by atoms with Gasteiger partial charge in [-0.1, -0.05) is 128 Å². The van der Waals surface area contributed by atoms with Gasteiger partial charge in [-0.05, 0) is 29.7 Å². The number of rotatable bonds is 20. The van der Waals surface area contributed by atoms with E-state index in [-0.39, 0.29) is 0 Å². The maximum absolute atomic E-state index is 5.93. The number of aryl methyl sites for hydroxylation is 1. The van der Waals surface area contributed by atoms with E-state index in [0.29, 0.717) is 0 Å². The molecule has 1 aromatic heterocycles. The summed E-state index contributed by atoms with van der Waals surface area (Å²) in [6.07, 6.45) is 30.8. The minimum Gasteiger partial charge on any atom is -0.494 e. The van der Waals surface area contributed by atoms with E-state index >= 15 is 0 Å². The van der Waals surface area contributed by atoms with Crippen LogP contribution < -0.4 is 9.30 Å². The lowest BCUT2D eigenvalue weighted by atomic mass is 10.0. The van der Waals surface area contributed by atoms with Gasteiger partial charge < -0.3 is 4.74 Å². The Balaban J connectivity index is 1.39. The van der Waals surface area contributed by atoms with E-state index in [4.69, 9.17) is 4.74 Å². The molecule has 34 heavy (non-hydrogen) atoms. The Labute approximate surface area is 210 Å². The summed E-state index contributed by atoms with van der Waals surface area (Å²) in [5.74, 6) is 0.977. The third-order valence-corrected chi connectivity index (χ3v) is 6.62. The van der Waals surface area contributed by atoms with Crippen LogP contribution in [0, 0.1) is 0 Å². The number of benzene rings is 1. The fraction of sp³-hybridized carbons (Fsp3) is 0.594. The molecule has 0 aliphatic carbocycles. The van der Waals surface area contributed by atoms with Crippen LogP contribution in [0.25, 0.3) is 12.2 Å². The summed E-state index contributed by atoms with van der Waals surface area (Å²) in [5.41, 5.74) is 2.41. The van der Waals surface area contributed by atoms with Crippen LogP contribution in [0.15, 0.2) is 48.8 Å². The summed E-state index contributed by atoms with van der Waals surface area (Å²) in [5, 5.41) is 0. The zero-order valence-electron chi connectivity index (χ0n) is 22.1. The molecule has 0 aliphatic heterocycles. The van der Waals surface area contributed by atoms with E-state index in [0.717, 1.165) is 18.8 Å². The largest absolute Gasteiger partial charge is 0.494 e. The Kier molecular flexibility index (Phi) is 15.9. The molecule has 1 aromatic carbocycles. The third kappa shape index (κ3) is 14.2. The standard InChI is InChI=1S/C32H50NO/c1-3-4-5-6-7-8-9-10-11-12-13-14-15-16-17-18-29-34-32-23-21-30(22-24-32)19-20-31-25-27-33(2)28-26-31/h19-28H,3-18,29H2,1-2H3/q+1. The number of pyridine rings is 1. The van der Waals surface area contributed by atoms with E-state index in [9.17, 15) is 0 Å². The molecular formula is C32H50NO+. The van der Waals surface area contributed by atoms with Crippen molar-refractivity contribution in [3.63, 3.8) is 0 Å². The molecule has 2 aromatic rings. The average Bonchev–Trinajstić information content (AvgIpc) is 2.86. The molecule has 2 heteroatoms. The molecule has 0 unspecified atom stereocenters. The van der Waals surface area contributed by atoms with Crippen LogP contribution in [-0.4, -0.2) is 6.61 Å². The van der Waals surface area contributed by atoms with Crippen molar-refractivity contribution in [3.05, 3.63) is 59.9 Å². The van der Waals surface area contributed by atoms with Crippen molar-refractivity contribution in [2.75, 3.05) is 6.61 Å². The molecular weight excluding hydrogens is 414 g/mol. The maximum atomic E-state index is 5.93. The number of nitrogens with zero attached hydrogens (tertiary/aromatic N) is 1. The Bertz CT molecular complexity index is 748. The van der Waals surface area contributed by atoms with E-state index in [1.54, 1.807) is 0 Å². The van der Waals surface area contributed by atoms with Gasteiger partial charge in [-0.3, -0.25) is 0 Å². The number of aromatic nitrogens is 1. The zero-order valence-corrected chi connectivity index (χ0v) is 22.1. The number of hydrogen-bond donors (Lipinski definition) is 0. The molecule has 0 saturated carbocycles. The van der Waals surface area contributed by atoms with E-state index in [1.807, 2.05) is 11.6 Å². The van der Waals surface area contributed by atoms with Crippen molar-refractivity contribution in [3.8, 4) is 5.75 Å². The highest BCUT2D eigenvalue weighted by atomic mass is 16.5. The summed E-state index contributed by atoms with van der Waals surface area (Å²) in [6.45, 7) is 3.12. The molecule has 0 amide bonds. The van der Waals surface area contributed by atoms with Gasteiger partial charge in [0.1, 0.15) is 12.8 Å². The highest BCUT2D eigenvalue weighted by Gasteiger charge is 1.97. The topological polar surface area (TPSA) is 13.1 Å². The lowest BCUT2D eigenvalue weighted by molar-refractivity contribution is -0.671. The van der Waals surface area contributed by atoms with Crippen molar-refractivity contribution in [2.24, 2.45) is 7.05 Å². The number of ether oxygens (including phenoxy) is 1. The molecule has 0 spiro atoms. The molecule has 0 saturated heterocycles. The second-order valence-electron chi connectivity index (χ2n) is 9.85. The Morgan fingerprint density at radius 3 is 1.44 bits per heavy atom. The highest BCUT2D eigenvalue weighted by Crippen LogP contribution is 2.16. The van der Waals surface area contributed by atoms with E-state index in [1.165, 1.54) is 107 Å². The molecule has 2 rings (SSSR count). The normalized spacial score (nSPS) is 11.4. The van der Waals surface area contributed by atoms with Gasteiger partial charge in [0.25, 0.3) is 0 Å². The first kappa shape index (κ1) is 28.1. The third-order valence-electron chi connectivity index (χ3n) is 6.62. The summed E-state index contributed by atoms with van der Waals surface area (Å²) >= 11 is 0. The minimum absolute atomic E-state index is 0.828. The predicted molar refractivity (Wildman–Crippen MR) is 148 cm³/mol. The summed E-state index contributed by atoms with van der Waals surface area (Å²) < 4.78 is 7.97. The highest BCUT2D eigenvalue weighted by molar-refractivity contribution is 5.69. The lowest BCUT2D eigenvalue weighted by Gasteiger charge is -2.07. The molecule has 188 valence electrons. The van der Waals surface area contributed by atoms with Crippen LogP contribution >= 0.6 is 0 Å². The average molecular weight is 465 g/mol. The maximum Gasteiger partial charge on any atom is 0.169 e. The lowest BCUT2D eigenvalue weighted by Crippen LogP contribution is -2.25. The van der Waals surface area contributed by atoms with Crippen LogP contribution in [0.1, 0.15) is 121 Å². The fourth-order valence-electron chi connectivity index (χ4n) is 4.33. The smallest absolute Gasteiger partial charge is 0.169 e.